The molecule has 0 bridgehead atoms. The van der Waals surface area contributed by atoms with Crippen LogP contribution in [-0.2, 0) is 7.05 Å². The number of hydrogen-bond acceptors (Lipinski definition) is 4. The van der Waals surface area contributed by atoms with Gasteiger partial charge in [0.25, 0.3) is 0 Å². The van der Waals surface area contributed by atoms with Crippen LogP contribution in [-0.4, -0.2) is 26.6 Å². The van der Waals surface area contributed by atoms with Crippen LogP contribution in [0, 0.1) is 6.92 Å². The van der Waals surface area contributed by atoms with Crippen molar-refractivity contribution in [1.29, 1.82) is 0 Å². The molecule has 19 heavy (non-hydrogen) atoms. The van der Waals surface area contributed by atoms with Crippen LogP contribution >= 0.6 is 0 Å². The number of fused-ring (bicyclic) bond motifs is 1. The largest absolute Gasteiger partial charge is 0.373 e. The van der Waals surface area contributed by atoms with E-state index in [9.17, 15) is 0 Å². The number of aromatic nitrogens is 4. The number of hydrogen-bond donors (Lipinski definition) is 1. The van der Waals surface area contributed by atoms with Gasteiger partial charge in [-0.15, -0.1) is 0 Å². The lowest BCUT2D eigenvalue weighted by Crippen LogP contribution is -1.99. The molecule has 0 unspecified atom stereocenters. The quantitative estimate of drug-likeness (QED) is 0.762. The van der Waals surface area contributed by atoms with Crippen LogP contribution in [0.1, 0.15) is 5.69 Å². The molecule has 0 spiro atoms. The third kappa shape index (κ3) is 1.93. The fourth-order valence-corrected chi connectivity index (χ4v) is 2.18. The fraction of sp³-hybridized carbons (Fsp3) is 0.214. The van der Waals surface area contributed by atoms with Crippen molar-refractivity contribution in [2.24, 2.45) is 7.05 Å². The van der Waals surface area contributed by atoms with Gasteiger partial charge >= 0.3 is 0 Å². The van der Waals surface area contributed by atoms with Gasteiger partial charge in [0.2, 0.25) is 0 Å². The van der Waals surface area contributed by atoms with Crippen LogP contribution in [0.15, 0.2) is 30.6 Å². The highest BCUT2D eigenvalue weighted by Crippen LogP contribution is 2.26. The summed E-state index contributed by atoms with van der Waals surface area (Å²) in [6, 6.07) is 5.92. The molecule has 3 aromatic rings. The molecule has 0 aliphatic heterocycles. The third-order valence-electron chi connectivity index (χ3n) is 3.12. The molecule has 0 amide bonds. The lowest BCUT2D eigenvalue weighted by Gasteiger charge is -2.06. The molecule has 5 heteroatoms. The molecule has 5 nitrogen and oxygen atoms in total. The Morgan fingerprint density at radius 2 is 2.05 bits per heavy atom. The molecule has 3 aromatic heterocycles. The maximum absolute atomic E-state index is 4.52. The number of pyridine rings is 1. The summed E-state index contributed by atoms with van der Waals surface area (Å²) in [5, 5.41) is 4.13. The molecular weight excluding hydrogens is 238 g/mol. The van der Waals surface area contributed by atoms with Crippen LogP contribution in [0.4, 0.5) is 5.82 Å². The summed E-state index contributed by atoms with van der Waals surface area (Å²) in [7, 11) is 3.84. The molecule has 3 rings (SSSR count). The Hall–Kier alpha value is -2.43. The van der Waals surface area contributed by atoms with Crippen molar-refractivity contribution in [2.75, 3.05) is 12.4 Å². The molecular formula is C14H15N5. The highest BCUT2D eigenvalue weighted by Gasteiger charge is 2.10. The number of aryl methyl sites for hydroxylation is 2. The first kappa shape index (κ1) is 11.6. The summed E-state index contributed by atoms with van der Waals surface area (Å²) in [5.74, 6) is 1.55. The standard InChI is InChI=1S/C14H15N5/c1-9-8-12(15-2)18-13(17-9)10-4-6-16-14-11(10)5-7-19(14)3/h4-8H,1-3H3,(H,15,17,18). The normalized spacial score (nSPS) is 10.9. The number of rotatable bonds is 2. The molecule has 0 fully saturated rings. The van der Waals surface area contributed by atoms with E-state index in [0.29, 0.717) is 0 Å². The zero-order chi connectivity index (χ0) is 13.4. The highest BCUT2D eigenvalue weighted by atomic mass is 15.0. The van der Waals surface area contributed by atoms with Crippen LogP contribution in [0.25, 0.3) is 22.4 Å². The Kier molecular flexibility index (Phi) is 2.67. The molecule has 0 aromatic carbocycles. The third-order valence-corrected chi connectivity index (χ3v) is 3.12. The SMILES string of the molecule is CNc1cc(C)nc(-c2ccnc3c2ccn3C)n1. The molecule has 96 valence electrons. The maximum Gasteiger partial charge on any atom is 0.162 e. The van der Waals surface area contributed by atoms with Crippen LogP contribution in [0.3, 0.4) is 0 Å². The van der Waals surface area contributed by atoms with Crippen LogP contribution < -0.4 is 5.32 Å². The number of nitrogens with zero attached hydrogens (tertiary/aromatic N) is 4. The van der Waals surface area contributed by atoms with E-state index in [0.717, 1.165) is 33.9 Å². The molecule has 0 atom stereocenters. The molecule has 0 aliphatic carbocycles. The van der Waals surface area contributed by atoms with Crippen molar-refractivity contribution >= 4 is 16.9 Å². The molecule has 0 aliphatic rings. The Labute approximate surface area is 111 Å². The van der Waals surface area contributed by atoms with Gasteiger partial charge in [-0.1, -0.05) is 0 Å². The van der Waals surface area contributed by atoms with E-state index in [2.05, 4.69) is 20.3 Å². The summed E-state index contributed by atoms with van der Waals surface area (Å²) in [6.45, 7) is 1.97. The predicted octanol–water partition coefficient (Wildman–Crippen LogP) is 2.38. The van der Waals surface area contributed by atoms with Crippen molar-refractivity contribution in [2.45, 2.75) is 6.92 Å². The summed E-state index contributed by atoms with van der Waals surface area (Å²) in [4.78, 5) is 13.4. The van der Waals surface area contributed by atoms with Crippen molar-refractivity contribution in [1.82, 2.24) is 19.5 Å². The van der Waals surface area contributed by atoms with Gasteiger partial charge in [0.05, 0.1) is 0 Å². The first-order chi connectivity index (χ1) is 9.19. The van der Waals surface area contributed by atoms with Gasteiger partial charge in [-0.3, -0.25) is 0 Å². The second-order valence-corrected chi connectivity index (χ2v) is 4.49. The smallest absolute Gasteiger partial charge is 0.162 e. The van der Waals surface area contributed by atoms with Crippen molar-refractivity contribution in [3.05, 3.63) is 36.3 Å². The fourth-order valence-electron chi connectivity index (χ4n) is 2.18. The van der Waals surface area contributed by atoms with Crippen LogP contribution in [0.2, 0.25) is 0 Å². The first-order valence-electron chi connectivity index (χ1n) is 6.13. The minimum absolute atomic E-state index is 0.725. The van der Waals surface area contributed by atoms with Gasteiger partial charge in [-0.25, -0.2) is 15.0 Å². The van der Waals surface area contributed by atoms with Crippen molar-refractivity contribution in [3.8, 4) is 11.4 Å². The van der Waals surface area contributed by atoms with E-state index in [1.54, 1.807) is 6.20 Å². The van der Waals surface area contributed by atoms with E-state index in [-0.39, 0.29) is 0 Å². The second-order valence-electron chi connectivity index (χ2n) is 4.49. The first-order valence-corrected chi connectivity index (χ1v) is 6.13. The van der Waals surface area contributed by atoms with Crippen molar-refractivity contribution < 1.29 is 0 Å². The zero-order valence-electron chi connectivity index (χ0n) is 11.2. The predicted molar refractivity (Wildman–Crippen MR) is 76.0 cm³/mol. The van der Waals surface area contributed by atoms with E-state index < -0.39 is 0 Å². The summed E-state index contributed by atoms with van der Waals surface area (Å²) >= 11 is 0. The zero-order valence-corrected chi connectivity index (χ0v) is 11.2. The van der Waals surface area contributed by atoms with Gasteiger partial charge in [-0.05, 0) is 19.1 Å². The molecule has 0 radical (unpaired) electrons. The monoisotopic (exact) mass is 253 g/mol. The lowest BCUT2D eigenvalue weighted by atomic mass is 10.1. The molecule has 3 heterocycles. The molecule has 0 saturated carbocycles. The highest BCUT2D eigenvalue weighted by molar-refractivity contribution is 5.91. The van der Waals surface area contributed by atoms with E-state index in [1.807, 2.05) is 50.0 Å². The maximum atomic E-state index is 4.52. The van der Waals surface area contributed by atoms with Crippen LogP contribution in [0.5, 0.6) is 0 Å². The Bertz CT molecular complexity index is 745. The molecule has 0 saturated heterocycles. The minimum Gasteiger partial charge on any atom is -0.373 e. The van der Waals surface area contributed by atoms with Gasteiger partial charge in [0.15, 0.2) is 5.82 Å². The minimum atomic E-state index is 0.725. The average molecular weight is 253 g/mol. The van der Waals surface area contributed by atoms with Crippen molar-refractivity contribution in [3.63, 3.8) is 0 Å². The topological polar surface area (TPSA) is 55.6 Å². The summed E-state index contributed by atoms with van der Waals surface area (Å²) < 4.78 is 1.99. The van der Waals surface area contributed by atoms with Gasteiger partial charge in [0.1, 0.15) is 11.5 Å². The second kappa shape index (κ2) is 4.35. The number of nitrogens with one attached hydrogen (secondary N) is 1. The summed E-state index contributed by atoms with van der Waals surface area (Å²) in [5.41, 5.74) is 2.88. The molecule has 1 N–H and O–H groups in total. The summed E-state index contributed by atoms with van der Waals surface area (Å²) in [6.07, 6.45) is 3.79. The van der Waals surface area contributed by atoms with Gasteiger partial charge < -0.3 is 9.88 Å². The van der Waals surface area contributed by atoms with E-state index in [1.165, 1.54) is 0 Å². The Balaban J connectivity index is 2.27. The van der Waals surface area contributed by atoms with E-state index in [4.69, 9.17) is 0 Å². The van der Waals surface area contributed by atoms with E-state index >= 15 is 0 Å². The lowest BCUT2D eigenvalue weighted by molar-refractivity contribution is 0.948. The van der Waals surface area contributed by atoms with Gasteiger partial charge in [-0.2, -0.15) is 0 Å². The Morgan fingerprint density at radius 3 is 2.84 bits per heavy atom. The van der Waals surface area contributed by atoms with Gasteiger partial charge in [0, 0.05) is 49.2 Å². The number of anilines is 1. The average Bonchev–Trinajstić information content (AvgIpc) is 2.80. The Morgan fingerprint density at radius 1 is 1.21 bits per heavy atom.